The molecule has 78 valence electrons. The molecule has 0 spiro atoms. The standard InChI is InChI=1S/C8H7ClN4O2/c1-10-6-7-11-4(8(14)15)2-13(7)3-5(9)12-6/h2-3H,1H3,(H,10,12)(H,14,15). The van der Waals surface area contributed by atoms with E-state index in [1.165, 1.54) is 16.8 Å². The number of nitrogens with one attached hydrogen (secondary N) is 1. The van der Waals surface area contributed by atoms with E-state index in [0.717, 1.165) is 0 Å². The molecular weight excluding hydrogens is 220 g/mol. The van der Waals surface area contributed by atoms with Crippen LogP contribution in [-0.2, 0) is 0 Å². The second-order valence-corrected chi connectivity index (χ2v) is 3.21. The maximum atomic E-state index is 10.7. The quantitative estimate of drug-likeness (QED) is 0.802. The van der Waals surface area contributed by atoms with E-state index in [2.05, 4.69) is 15.3 Å². The van der Waals surface area contributed by atoms with Crippen molar-refractivity contribution < 1.29 is 9.90 Å². The third-order valence-corrected chi connectivity index (χ3v) is 2.05. The largest absolute Gasteiger partial charge is 0.476 e. The molecule has 0 aliphatic carbocycles. The van der Waals surface area contributed by atoms with E-state index in [4.69, 9.17) is 16.7 Å². The molecule has 0 fully saturated rings. The Morgan fingerprint density at radius 2 is 2.27 bits per heavy atom. The molecule has 2 heterocycles. The van der Waals surface area contributed by atoms with E-state index in [-0.39, 0.29) is 10.8 Å². The highest BCUT2D eigenvalue weighted by molar-refractivity contribution is 6.29. The minimum Gasteiger partial charge on any atom is -0.476 e. The Morgan fingerprint density at radius 1 is 1.53 bits per heavy atom. The van der Waals surface area contributed by atoms with Crippen LogP contribution in [0.25, 0.3) is 5.65 Å². The number of carboxylic acid groups (broad SMARTS) is 1. The van der Waals surface area contributed by atoms with E-state index in [9.17, 15) is 4.79 Å². The fraction of sp³-hybridized carbons (Fsp3) is 0.125. The maximum Gasteiger partial charge on any atom is 0.356 e. The van der Waals surface area contributed by atoms with Gasteiger partial charge < -0.3 is 14.8 Å². The lowest BCUT2D eigenvalue weighted by atomic mass is 10.5. The first-order valence-corrected chi connectivity index (χ1v) is 4.46. The number of hydrogen-bond acceptors (Lipinski definition) is 4. The molecule has 0 radical (unpaired) electrons. The van der Waals surface area contributed by atoms with Crippen LogP contribution in [0.2, 0.25) is 5.15 Å². The van der Waals surface area contributed by atoms with Crippen LogP contribution in [0.4, 0.5) is 5.82 Å². The Labute approximate surface area is 89.5 Å². The zero-order valence-electron chi connectivity index (χ0n) is 7.73. The molecule has 2 aromatic rings. The molecular formula is C8H7ClN4O2. The molecule has 0 saturated heterocycles. The van der Waals surface area contributed by atoms with Crippen molar-refractivity contribution in [2.75, 3.05) is 12.4 Å². The summed E-state index contributed by atoms with van der Waals surface area (Å²) < 4.78 is 1.52. The van der Waals surface area contributed by atoms with Crippen molar-refractivity contribution >= 4 is 29.0 Å². The summed E-state index contributed by atoms with van der Waals surface area (Å²) in [4.78, 5) is 18.6. The number of aromatic carboxylic acids is 1. The predicted octanol–water partition coefficient (Wildman–Crippen LogP) is 1.12. The summed E-state index contributed by atoms with van der Waals surface area (Å²) in [7, 11) is 1.66. The lowest BCUT2D eigenvalue weighted by Crippen LogP contribution is -1.97. The van der Waals surface area contributed by atoms with Gasteiger partial charge in [0.2, 0.25) is 0 Å². The summed E-state index contributed by atoms with van der Waals surface area (Å²) >= 11 is 5.74. The monoisotopic (exact) mass is 226 g/mol. The average molecular weight is 227 g/mol. The van der Waals surface area contributed by atoms with Crippen LogP contribution in [0.5, 0.6) is 0 Å². The van der Waals surface area contributed by atoms with Gasteiger partial charge >= 0.3 is 5.97 Å². The van der Waals surface area contributed by atoms with Crippen molar-refractivity contribution in [1.82, 2.24) is 14.4 Å². The molecule has 0 aliphatic heterocycles. The van der Waals surface area contributed by atoms with Gasteiger partial charge in [-0.1, -0.05) is 11.6 Å². The lowest BCUT2D eigenvalue weighted by Gasteiger charge is -2.01. The second kappa shape index (κ2) is 3.39. The number of anilines is 1. The van der Waals surface area contributed by atoms with Crippen molar-refractivity contribution in [3.63, 3.8) is 0 Å². The molecule has 2 rings (SSSR count). The molecule has 7 heteroatoms. The van der Waals surface area contributed by atoms with Crippen molar-refractivity contribution in [2.45, 2.75) is 0 Å². The molecule has 2 aromatic heterocycles. The third kappa shape index (κ3) is 1.59. The van der Waals surface area contributed by atoms with E-state index in [1.807, 2.05) is 0 Å². The number of imidazole rings is 1. The Morgan fingerprint density at radius 3 is 2.87 bits per heavy atom. The zero-order chi connectivity index (χ0) is 11.0. The first kappa shape index (κ1) is 9.72. The van der Waals surface area contributed by atoms with E-state index in [1.54, 1.807) is 7.05 Å². The highest BCUT2D eigenvalue weighted by Crippen LogP contribution is 2.17. The van der Waals surface area contributed by atoms with Gasteiger partial charge in [0.15, 0.2) is 17.2 Å². The van der Waals surface area contributed by atoms with Crippen molar-refractivity contribution in [1.29, 1.82) is 0 Å². The SMILES string of the molecule is CNc1nc(Cl)cn2cc(C(=O)O)nc12. The van der Waals surface area contributed by atoms with Crippen molar-refractivity contribution in [2.24, 2.45) is 0 Å². The molecule has 0 amide bonds. The van der Waals surface area contributed by atoms with Crippen LogP contribution in [0.15, 0.2) is 12.4 Å². The normalized spacial score (nSPS) is 10.5. The fourth-order valence-electron chi connectivity index (χ4n) is 1.24. The van der Waals surface area contributed by atoms with Gasteiger partial charge in [0, 0.05) is 19.4 Å². The number of hydrogen-bond donors (Lipinski definition) is 2. The van der Waals surface area contributed by atoms with Gasteiger partial charge in [0.05, 0.1) is 0 Å². The molecule has 0 bridgehead atoms. The summed E-state index contributed by atoms with van der Waals surface area (Å²) in [5.41, 5.74) is 0.384. The Bertz CT molecular complexity index is 537. The minimum absolute atomic E-state index is 0.0458. The summed E-state index contributed by atoms with van der Waals surface area (Å²) in [6, 6.07) is 0. The average Bonchev–Trinajstić information content (AvgIpc) is 2.59. The molecule has 0 unspecified atom stereocenters. The summed E-state index contributed by atoms with van der Waals surface area (Å²) in [6.07, 6.45) is 2.88. The van der Waals surface area contributed by atoms with Gasteiger partial charge in [-0.2, -0.15) is 0 Å². The summed E-state index contributed by atoms with van der Waals surface area (Å²) in [6.45, 7) is 0. The van der Waals surface area contributed by atoms with Crippen LogP contribution in [0.3, 0.4) is 0 Å². The van der Waals surface area contributed by atoms with Crippen LogP contribution in [0, 0.1) is 0 Å². The Balaban J connectivity index is 2.74. The molecule has 0 atom stereocenters. The van der Waals surface area contributed by atoms with Crippen LogP contribution in [-0.4, -0.2) is 32.5 Å². The number of rotatable bonds is 2. The lowest BCUT2D eigenvalue weighted by molar-refractivity contribution is 0.0691. The summed E-state index contributed by atoms with van der Waals surface area (Å²) in [5.74, 6) is -0.646. The van der Waals surface area contributed by atoms with E-state index in [0.29, 0.717) is 11.5 Å². The highest BCUT2D eigenvalue weighted by atomic mass is 35.5. The molecule has 15 heavy (non-hydrogen) atoms. The number of carbonyl (C=O) groups is 1. The van der Waals surface area contributed by atoms with Gasteiger partial charge in [-0.3, -0.25) is 0 Å². The Hall–Kier alpha value is -1.82. The maximum absolute atomic E-state index is 10.7. The fourth-order valence-corrected chi connectivity index (χ4v) is 1.43. The first-order chi connectivity index (χ1) is 7.11. The van der Waals surface area contributed by atoms with Crippen molar-refractivity contribution in [3.8, 4) is 0 Å². The van der Waals surface area contributed by atoms with Crippen LogP contribution < -0.4 is 5.32 Å². The number of fused-ring (bicyclic) bond motifs is 1. The molecule has 6 nitrogen and oxygen atoms in total. The van der Waals surface area contributed by atoms with Gasteiger partial charge in [-0.15, -0.1) is 0 Å². The number of nitrogens with zero attached hydrogens (tertiary/aromatic N) is 3. The van der Waals surface area contributed by atoms with Gasteiger partial charge in [-0.25, -0.2) is 14.8 Å². The molecule has 0 aromatic carbocycles. The Kier molecular flexibility index (Phi) is 2.20. The van der Waals surface area contributed by atoms with Crippen molar-refractivity contribution in [3.05, 3.63) is 23.2 Å². The van der Waals surface area contributed by atoms with E-state index >= 15 is 0 Å². The topological polar surface area (TPSA) is 79.5 Å². The third-order valence-electron chi connectivity index (χ3n) is 1.86. The molecule has 0 saturated carbocycles. The van der Waals surface area contributed by atoms with E-state index < -0.39 is 5.97 Å². The minimum atomic E-state index is -1.09. The second-order valence-electron chi connectivity index (χ2n) is 2.82. The van der Waals surface area contributed by atoms with Crippen LogP contribution in [0.1, 0.15) is 10.5 Å². The highest BCUT2D eigenvalue weighted by Gasteiger charge is 2.12. The zero-order valence-corrected chi connectivity index (χ0v) is 8.49. The number of halogens is 1. The van der Waals surface area contributed by atoms with Gasteiger partial charge in [0.1, 0.15) is 5.15 Å². The smallest absolute Gasteiger partial charge is 0.356 e. The predicted molar refractivity (Wildman–Crippen MR) is 54.5 cm³/mol. The first-order valence-electron chi connectivity index (χ1n) is 4.08. The number of carboxylic acids is 1. The van der Waals surface area contributed by atoms with Gasteiger partial charge in [-0.05, 0) is 0 Å². The van der Waals surface area contributed by atoms with Crippen LogP contribution >= 0.6 is 11.6 Å². The molecule has 0 aliphatic rings. The summed E-state index contributed by atoms with van der Waals surface area (Å²) in [5, 5.41) is 11.8. The molecule has 2 N–H and O–H groups in total. The van der Waals surface area contributed by atoms with Gasteiger partial charge in [0.25, 0.3) is 0 Å². The number of aromatic nitrogens is 3.